The molecule has 2 heteroatoms. The van der Waals surface area contributed by atoms with E-state index in [4.69, 9.17) is 9.47 Å². The van der Waals surface area contributed by atoms with Crippen LogP contribution in [-0.2, 0) is 9.47 Å². The Kier molecular flexibility index (Phi) is 2.20. The molecule has 0 aromatic heterocycles. The van der Waals surface area contributed by atoms with Crippen molar-refractivity contribution in [3.63, 3.8) is 0 Å². The third kappa shape index (κ3) is 1.41. The molecular weight excluding hydrogens is 152 g/mol. The molecule has 2 rings (SSSR count). The largest absolute Gasteiger partial charge is 0.347 e. The lowest BCUT2D eigenvalue weighted by Crippen LogP contribution is -2.31. The molecule has 1 fully saturated rings. The number of ether oxygens (including phenoxy) is 2. The Morgan fingerprint density at radius 3 is 2.67 bits per heavy atom. The summed E-state index contributed by atoms with van der Waals surface area (Å²) < 4.78 is 11.2. The quantitative estimate of drug-likeness (QED) is 0.559. The summed E-state index contributed by atoms with van der Waals surface area (Å²) in [5.74, 6) is -0.224. The van der Waals surface area contributed by atoms with Crippen LogP contribution in [0.5, 0.6) is 0 Å². The molecule has 0 bridgehead atoms. The van der Waals surface area contributed by atoms with Crippen LogP contribution in [0.2, 0.25) is 0 Å². The second kappa shape index (κ2) is 3.19. The van der Waals surface area contributed by atoms with Crippen LogP contribution in [0.3, 0.4) is 0 Å². The highest BCUT2D eigenvalue weighted by Crippen LogP contribution is 2.35. The van der Waals surface area contributed by atoms with E-state index < -0.39 is 0 Å². The molecule has 0 saturated carbocycles. The average molecular weight is 168 g/mol. The monoisotopic (exact) mass is 168 g/mol. The number of hydrogen-bond acceptors (Lipinski definition) is 2. The van der Waals surface area contributed by atoms with Crippen molar-refractivity contribution in [2.75, 3.05) is 13.2 Å². The van der Waals surface area contributed by atoms with E-state index in [-0.39, 0.29) is 5.79 Å². The SMILES string of the molecule is CCC1=CCC2(CC1)OCCO2. The van der Waals surface area contributed by atoms with E-state index in [9.17, 15) is 0 Å². The molecule has 68 valence electrons. The summed E-state index contributed by atoms with van der Waals surface area (Å²) in [6.45, 7) is 3.75. The Bertz CT molecular complexity index is 190. The van der Waals surface area contributed by atoms with Gasteiger partial charge in [-0.3, -0.25) is 0 Å². The standard InChI is InChI=1S/C10H16O2/c1-2-9-3-5-10(6-4-9)11-7-8-12-10/h3H,2,4-8H2,1H3. The van der Waals surface area contributed by atoms with E-state index in [1.54, 1.807) is 5.57 Å². The molecule has 0 radical (unpaired) electrons. The molecular formula is C10H16O2. The first-order valence-electron chi connectivity index (χ1n) is 4.80. The van der Waals surface area contributed by atoms with Crippen LogP contribution in [0.4, 0.5) is 0 Å². The summed E-state index contributed by atoms with van der Waals surface area (Å²) in [6.07, 6.45) is 6.62. The van der Waals surface area contributed by atoms with Gasteiger partial charge in [0, 0.05) is 12.8 Å². The van der Waals surface area contributed by atoms with Crippen LogP contribution in [-0.4, -0.2) is 19.0 Å². The number of hydrogen-bond donors (Lipinski definition) is 0. The fourth-order valence-electron chi connectivity index (χ4n) is 1.94. The van der Waals surface area contributed by atoms with Crippen LogP contribution in [0.1, 0.15) is 32.6 Å². The van der Waals surface area contributed by atoms with Crippen LogP contribution in [0.15, 0.2) is 11.6 Å². The predicted octanol–water partition coefficient (Wildman–Crippen LogP) is 2.25. The fraction of sp³-hybridized carbons (Fsp3) is 0.800. The first-order valence-corrected chi connectivity index (χ1v) is 4.80. The molecule has 0 N–H and O–H groups in total. The van der Waals surface area contributed by atoms with Gasteiger partial charge in [0.1, 0.15) is 0 Å². The van der Waals surface area contributed by atoms with Gasteiger partial charge in [0.15, 0.2) is 5.79 Å². The molecule has 1 saturated heterocycles. The Balaban J connectivity index is 2.01. The smallest absolute Gasteiger partial charge is 0.172 e. The van der Waals surface area contributed by atoms with E-state index in [2.05, 4.69) is 13.0 Å². The first-order chi connectivity index (χ1) is 5.85. The van der Waals surface area contributed by atoms with Crippen molar-refractivity contribution in [3.8, 4) is 0 Å². The topological polar surface area (TPSA) is 18.5 Å². The molecule has 0 unspecified atom stereocenters. The maximum Gasteiger partial charge on any atom is 0.172 e. The Labute approximate surface area is 73.5 Å². The van der Waals surface area contributed by atoms with Gasteiger partial charge in [0.2, 0.25) is 0 Å². The van der Waals surface area contributed by atoms with Gasteiger partial charge in [0.25, 0.3) is 0 Å². The van der Waals surface area contributed by atoms with E-state index in [0.717, 1.165) is 32.5 Å². The minimum Gasteiger partial charge on any atom is -0.347 e. The lowest BCUT2D eigenvalue weighted by atomic mass is 9.93. The lowest BCUT2D eigenvalue weighted by Gasteiger charge is -2.30. The molecule has 0 atom stereocenters. The van der Waals surface area contributed by atoms with Crippen molar-refractivity contribution in [3.05, 3.63) is 11.6 Å². The zero-order valence-corrected chi connectivity index (χ0v) is 7.64. The molecule has 1 spiro atoms. The van der Waals surface area contributed by atoms with E-state index in [1.807, 2.05) is 0 Å². The minimum absolute atomic E-state index is 0.224. The number of allylic oxidation sites excluding steroid dienone is 1. The second-order valence-electron chi connectivity index (χ2n) is 3.53. The average Bonchev–Trinajstić information content (AvgIpc) is 2.55. The normalized spacial score (nSPS) is 27.6. The molecule has 0 amide bonds. The maximum absolute atomic E-state index is 5.61. The summed E-state index contributed by atoms with van der Waals surface area (Å²) in [5.41, 5.74) is 1.56. The summed E-state index contributed by atoms with van der Waals surface area (Å²) in [5, 5.41) is 0. The van der Waals surface area contributed by atoms with Crippen molar-refractivity contribution in [2.24, 2.45) is 0 Å². The van der Waals surface area contributed by atoms with Crippen LogP contribution >= 0.6 is 0 Å². The molecule has 0 aromatic rings. The summed E-state index contributed by atoms with van der Waals surface area (Å²) >= 11 is 0. The third-order valence-corrected chi connectivity index (χ3v) is 2.80. The van der Waals surface area contributed by atoms with Gasteiger partial charge in [-0.1, -0.05) is 18.6 Å². The summed E-state index contributed by atoms with van der Waals surface area (Å²) in [6, 6.07) is 0. The minimum atomic E-state index is -0.224. The molecule has 0 aromatic carbocycles. The van der Waals surface area contributed by atoms with Gasteiger partial charge in [0.05, 0.1) is 13.2 Å². The Morgan fingerprint density at radius 2 is 2.17 bits per heavy atom. The molecule has 2 nitrogen and oxygen atoms in total. The second-order valence-corrected chi connectivity index (χ2v) is 3.53. The van der Waals surface area contributed by atoms with E-state index in [0.29, 0.717) is 0 Å². The molecule has 12 heavy (non-hydrogen) atoms. The van der Waals surface area contributed by atoms with Gasteiger partial charge in [-0.25, -0.2) is 0 Å². The van der Waals surface area contributed by atoms with Crippen molar-refractivity contribution < 1.29 is 9.47 Å². The summed E-state index contributed by atoms with van der Waals surface area (Å²) in [4.78, 5) is 0. The third-order valence-electron chi connectivity index (χ3n) is 2.80. The van der Waals surface area contributed by atoms with Crippen molar-refractivity contribution in [1.82, 2.24) is 0 Å². The zero-order chi connectivity index (χ0) is 8.44. The maximum atomic E-state index is 5.61. The van der Waals surface area contributed by atoms with Gasteiger partial charge in [-0.2, -0.15) is 0 Å². The molecule has 1 aliphatic carbocycles. The molecule has 1 aliphatic heterocycles. The number of rotatable bonds is 1. The zero-order valence-electron chi connectivity index (χ0n) is 7.64. The molecule has 2 aliphatic rings. The first kappa shape index (κ1) is 8.27. The van der Waals surface area contributed by atoms with Crippen molar-refractivity contribution >= 4 is 0 Å². The van der Waals surface area contributed by atoms with Crippen LogP contribution in [0.25, 0.3) is 0 Å². The van der Waals surface area contributed by atoms with Crippen LogP contribution < -0.4 is 0 Å². The van der Waals surface area contributed by atoms with Crippen molar-refractivity contribution in [1.29, 1.82) is 0 Å². The van der Waals surface area contributed by atoms with Gasteiger partial charge < -0.3 is 9.47 Å². The van der Waals surface area contributed by atoms with Gasteiger partial charge >= 0.3 is 0 Å². The van der Waals surface area contributed by atoms with E-state index >= 15 is 0 Å². The Morgan fingerprint density at radius 1 is 1.42 bits per heavy atom. The van der Waals surface area contributed by atoms with Crippen molar-refractivity contribution in [2.45, 2.75) is 38.4 Å². The lowest BCUT2D eigenvalue weighted by molar-refractivity contribution is -0.161. The fourth-order valence-corrected chi connectivity index (χ4v) is 1.94. The predicted molar refractivity (Wildman–Crippen MR) is 46.9 cm³/mol. The highest BCUT2D eigenvalue weighted by molar-refractivity contribution is 5.08. The summed E-state index contributed by atoms with van der Waals surface area (Å²) in [7, 11) is 0. The Hall–Kier alpha value is -0.340. The van der Waals surface area contributed by atoms with Gasteiger partial charge in [-0.05, 0) is 12.8 Å². The highest BCUT2D eigenvalue weighted by Gasteiger charge is 2.37. The van der Waals surface area contributed by atoms with Crippen LogP contribution in [0, 0.1) is 0 Å². The highest BCUT2D eigenvalue weighted by atomic mass is 16.7. The van der Waals surface area contributed by atoms with Gasteiger partial charge in [-0.15, -0.1) is 0 Å². The molecule has 1 heterocycles. The van der Waals surface area contributed by atoms with E-state index in [1.165, 1.54) is 6.42 Å².